The smallest absolute Gasteiger partial charge is 0.229 e. The Morgan fingerprint density at radius 1 is 1.08 bits per heavy atom. The molecular weight excluding hydrogens is 312 g/mol. The summed E-state index contributed by atoms with van der Waals surface area (Å²) in [6.45, 7) is 5.01. The van der Waals surface area contributed by atoms with Gasteiger partial charge in [-0.3, -0.25) is 0 Å². The van der Waals surface area contributed by atoms with Crippen LogP contribution in [0.3, 0.4) is 0 Å². The van der Waals surface area contributed by atoms with E-state index in [4.69, 9.17) is 4.74 Å². The minimum absolute atomic E-state index is 0.535. The largest absolute Gasteiger partial charge is 0.495 e. The molecule has 0 unspecified atom stereocenters. The highest BCUT2D eigenvalue weighted by atomic mass is 16.5. The van der Waals surface area contributed by atoms with Crippen LogP contribution in [0.4, 0.5) is 23.1 Å². The van der Waals surface area contributed by atoms with Crippen molar-refractivity contribution in [2.75, 3.05) is 23.9 Å². The molecule has 0 spiro atoms. The maximum atomic E-state index is 5.37. The minimum atomic E-state index is 0.535. The molecule has 1 aromatic heterocycles. The van der Waals surface area contributed by atoms with Gasteiger partial charge >= 0.3 is 0 Å². The van der Waals surface area contributed by atoms with Gasteiger partial charge in [-0.1, -0.05) is 24.3 Å². The number of ether oxygens (including phenoxy) is 1. The molecule has 3 aromatic rings. The number of rotatable bonds is 6. The summed E-state index contributed by atoms with van der Waals surface area (Å²) in [6.07, 6.45) is 1.76. The van der Waals surface area contributed by atoms with E-state index in [1.807, 2.05) is 30.3 Å². The fourth-order valence-corrected chi connectivity index (χ4v) is 2.70. The highest BCUT2D eigenvalue weighted by Gasteiger charge is 2.11. The summed E-state index contributed by atoms with van der Waals surface area (Å²) in [5.74, 6) is 2.14. The number of nitrogens with zero attached hydrogens (tertiary/aromatic N) is 3. The van der Waals surface area contributed by atoms with Crippen LogP contribution in [0.15, 0.2) is 60.8 Å². The number of para-hydroxylation sites is 2. The zero-order valence-electron chi connectivity index (χ0n) is 14.7. The highest BCUT2D eigenvalue weighted by molar-refractivity contribution is 5.65. The van der Waals surface area contributed by atoms with Crippen LogP contribution in [0.1, 0.15) is 12.5 Å². The molecule has 0 atom stereocenters. The maximum absolute atomic E-state index is 5.37. The Kier molecular flexibility index (Phi) is 5.14. The van der Waals surface area contributed by atoms with Gasteiger partial charge in [0.1, 0.15) is 11.6 Å². The van der Waals surface area contributed by atoms with Crippen LogP contribution in [0.5, 0.6) is 5.75 Å². The molecule has 0 saturated heterocycles. The zero-order valence-corrected chi connectivity index (χ0v) is 14.7. The van der Waals surface area contributed by atoms with Crippen molar-refractivity contribution in [1.82, 2.24) is 9.97 Å². The van der Waals surface area contributed by atoms with Crippen molar-refractivity contribution in [1.29, 1.82) is 0 Å². The van der Waals surface area contributed by atoms with Crippen LogP contribution in [0.25, 0.3) is 0 Å². The summed E-state index contributed by atoms with van der Waals surface area (Å²) in [5, 5.41) is 3.23. The molecule has 5 heteroatoms. The van der Waals surface area contributed by atoms with E-state index in [9.17, 15) is 0 Å². The summed E-state index contributed by atoms with van der Waals surface area (Å²) in [6, 6.07) is 18.0. The predicted octanol–water partition coefficient (Wildman–Crippen LogP) is 4.70. The minimum Gasteiger partial charge on any atom is -0.495 e. The molecule has 25 heavy (non-hydrogen) atoms. The first-order valence-corrected chi connectivity index (χ1v) is 8.28. The lowest BCUT2D eigenvalue weighted by Gasteiger charge is -2.23. The van der Waals surface area contributed by atoms with Crippen molar-refractivity contribution in [2.24, 2.45) is 0 Å². The van der Waals surface area contributed by atoms with Crippen molar-refractivity contribution in [3.63, 3.8) is 0 Å². The third-order valence-corrected chi connectivity index (χ3v) is 3.90. The second-order valence-electron chi connectivity index (χ2n) is 5.65. The van der Waals surface area contributed by atoms with Crippen LogP contribution >= 0.6 is 0 Å². The van der Waals surface area contributed by atoms with Gasteiger partial charge in [-0.2, -0.15) is 4.98 Å². The third kappa shape index (κ3) is 3.88. The molecule has 0 aliphatic rings. The van der Waals surface area contributed by atoms with Crippen molar-refractivity contribution < 1.29 is 4.74 Å². The van der Waals surface area contributed by atoms with Gasteiger partial charge in [-0.15, -0.1) is 0 Å². The molecular formula is C20H22N4O. The summed E-state index contributed by atoms with van der Waals surface area (Å²) < 4.78 is 5.37. The molecule has 128 valence electrons. The second kappa shape index (κ2) is 7.66. The molecule has 1 heterocycles. The topological polar surface area (TPSA) is 50.3 Å². The lowest BCUT2D eigenvalue weighted by molar-refractivity contribution is 0.417. The fourth-order valence-electron chi connectivity index (χ4n) is 2.70. The number of methoxy groups -OCH3 is 1. The van der Waals surface area contributed by atoms with Crippen LogP contribution < -0.4 is 15.0 Å². The number of hydrogen-bond donors (Lipinski definition) is 1. The molecule has 3 rings (SSSR count). The number of aryl methyl sites for hydroxylation is 1. The number of benzene rings is 2. The van der Waals surface area contributed by atoms with E-state index in [0.29, 0.717) is 5.95 Å². The van der Waals surface area contributed by atoms with Crippen molar-refractivity contribution in [3.05, 3.63) is 66.4 Å². The number of nitrogens with one attached hydrogen (secondary N) is 1. The van der Waals surface area contributed by atoms with E-state index in [0.717, 1.165) is 29.5 Å². The Morgan fingerprint density at radius 2 is 1.92 bits per heavy atom. The van der Waals surface area contributed by atoms with Gasteiger partial charge in [0.2, 0.25) is 5.95 Å². The molecule has 0 fully saturated rings. The average molecular weight is 334 g/mol. The lowest BCUT2D eigenvalue weighted by atomic mass is 10.2. The first kappa shape index (κ1) is 16.8. The van der Waals surface area contributed by atoms with Gasteiger partial charge in [0, 0.05) is 18.4 Å². The van der Waals surface area contributed by atoms with E-state index in [-0.39, 0.29) is 0 Å². The maximum Gasteiger partial charge on any atom is 0.229 e. The Bertz CT molecular complexity index is 850. The Morgan fingerprint density at radius 3 is 2.68 bits per heavy atom. The summed E-state index contributed by atoms with van der Waals surface area (Å²) in [5.41, 5.74) is 3.17. The number of hydrogen-bond acceptors (Lipinski definition) is 5. The van der Waals surface area contributed by atoms with E-state index in [1.54, 1.807) is 13.3 Å². The van der Waals surface area contributed by atoms with Crippen LogP contribution in [-0.2, 0) is 0 Å². The van der Waals surface area contributed by atoms with Crippen molar-refractivity contribution >= 4 is 23.1 Å². The van der Waals surface area contributed by atoms with Gasteiger partial charge in [0.05, 0.1) is 12.8 Å². The molecule has 0 aliphatic heterocycles. The first-order chi connectivity index (χ1) is 12.2. The zero-order chi connectivity index (χ0) is 17.6. The van der Waals surface area contributed by atoms with E-state index < -0.39 is 0 Å². The molecule has 0 radical (unpaired) electrons. The standard InChI is InChI=1S/C20H22N4O/c1-4-24(16-9-7-8-15(2)14-16)19-12-13-21-20(23-19)22-17-10-5-6-11-18(17)25-3/h5-14H,4H2,1-3H3,(H,21,22,23). The molecule has 0 aliphatic carbocycles. The van der Waals surface area contributed by atoms with Crippen LogP contribution in [0.2, 0.25) is 0 Å². The highest BCUT2D eigenvalue weighted by Crippen LogP contribution is 2.28. The Hall–Kier alpha value is -3.08. The SMILES string of the molecule is CCN(c1cccc(C)c1)c1ccnc(Nc2ccccc2OC)n1. The van der Waals surface area contributed by atoms with E-state index in [1.165, 1.54) is 5.56 Å². The van der Waals surface area contributed by atoms with E-state index >= 15 is 0 Å². The van der Waals surface area contributed by atoms with Crippen LogP contribution in [0, 0.1) is 6.92 Å². The predicted molar refractivity (Wildman–Crippen MR) is 102 cm³/mol. The van der Waals surface area contributed by atoms with E-state index in [2.05, 4.69) is 58.3 Å². The fraction of sp³-hybridized carbons (Fsp3) is 0.200. The first-order valence-electron chi connectivity index (χ1n) is 8.28. The summed E-state index contributed by atoms with van der Waals surface area (Å²) >= 11 is 0. The van der Waals surface area contributed by atoms with Gasteiger partial charge < -0.3 is 15.0 Å². The van der Waals surface area contributed by atoms with Gasteiger partial charge in [-0.25, -0.2) is 4.98 Å². The second-order valence-corrected chi connectivity index (χ2v) is 5.65. The normalized spacial score (nSPS) is 10.4. The molecule has 0 saturated carbocycles. The van der Waals surface area contributed by atoms with Crippen molar-refractivity contribution in [2.45, 2.75) is 13.8 Å². The summed E-state index contributed by atoms with van der Waals surface area (Å²) in [4.78, 5) is 11.2. The monoisotopic (exact) mass is 334 g/mol. The average Bonchev–Trinajstić information content (AvgIpc) is 2.63. The van der Waals surface area contributed by atoms with Crippen LogP contribution in [-0.4, -0.2) is 23.6 Å². The summed E-state index contributed by atoms with van der Waals surface area (Å²) in [7, 11) is 1.65. The quantitative estimate of drug-likeness (QED) is 0.708. The third-order valence-electron chi connectivity index (χ3n) is 3.90. The lowest BCUT2D eigenvalue weighted by Crippen LogP contribution is -2.18. The molecule has 5 nitrogen and oxygen atoms in total. The Labute approximate surface area is 148 Å². The molecule has 1 N–H and O–H groups in total. The van der Waals surface area contributed by atoms with Gasteiger partial charge in [0.25, 0.3) is 0 Å². The Balaban J connectivity index is 1.90. The number of aromatic nitrogens is 2. The molecule has 2 aromatic carbocycles. The van der Waals surface area contributed by atoms with Gasteiger partial charge in [-0.05, 0) is 49.7 Å². The van der Waals surface area contributed by atoms with Crippen molar-refractivity contribution in [3.8, 4) is 5.75 Å². The number of anilines is 4. The van der Waals surface area contributed by atoms with Gasteiger partial charge in [0.15, 0.2) is 0 Å². The molecule has 0 bridgehead atoms. The molecule has 0 amide bonds.